The molecule has 0 saturated carbocycles. The van der Waals surface area contributed by atoms with Crippen LogP contribution in [-0.4, -0.2) is 35.3 Å². The summed E-state index contributed by atoms with van der Waals surface area (Å²) in [4.78, 5) is 15.3. The second-order valence-electron chi connectivity index (χ2n) is 4.76. The average molecular weight is 392 g/mol. The summed E-state index contributed by atoms with van der Waals surface area (Å²) in [5.74, 6) is 0. The summed E-state index contributed by atoms with van der Waals surface area (Å²) in [6.07, 6.45) is 1.60. The van der Waals surface area contributed by atoms with Crippen LogP contribution in [0.3, 0.4) is 0 Å². The van der Waals surface area contributed by atoms with E-state index in [1.165, 1.54) is 4.68 Å². The van der Waals surface area contributed by atoms with Crippen LogP contribution in [0.15, 0.2) is 26.9 Å². The molecule has 0 aliphatic rings. The molecule has 0 atom stereocenters. The quantitative estimate of drug-likeness (QED) is 0.822. The lowest BCUT2D eigenvalue weighted by Gasteiger charge is -2.12. The van der Waals surface area contributed by atoms with Crippen LogP contribution in [0.2, 0.25) is 5.02 Å². The molecule has 0 spiro atoms. The highest BCUT2D eigenvalue weighted by atomic mass is 79.9. The Morgan fingerprint density at radius 3 is 2.86 bits per heavy atom. The molecule has 0 fully saturated rings. The normalized spacial score (nSPS) is 11.1. The van der Waals surface area contributed by atoms with Crippen molar-refractivity contribution in [2.24, 2.45) is 0 Å². The number of likely N-dealkylation sites (N-methyl/N-ethyl adjacent to an activating group) is 1. The Morgan fingerprint density at radius 1 is 1.48 bits per heavy atom. The standard InChI is InChI=1S/C13H16BrClN4OS/c1-18(2)5-6-19-13(20)12(15)10(8-17-19)16-7-9-3-4-11(14)21-9/h3-4,8,16H,5-7H2,1-2H3. The first-order valence-corrected chi connectivity index (χ1v) is 8.34. The Kier molecular flexibility index (Phi) is 5.80. The molecule has 0 amide bonds. The smallest absolute Gasteiger partial charge is 0.287 e. The molecular formula is C13H16BrClN4OS. The number of thiophene rings is 1. The predicted octanol–water partition coefficient (Wildman–Crippen LogP) is 2.89. The van der Waals surface area contributed by atoms with E-state index in [0.717, 1.165) is 15.2 Å². The molecule has 21 heavy (non-hydrogen) atoms. The molecule has 0 aliphatic heterocycles. The zero-order valence-corrected chi connectivity index (χ0v) is 14.9. The minimum atomic E-state index is -0.268. The predicted molar refractivity (Wildman–Crippen MR) is 91.4 cm³/mol. The number of aromatic nitrogens is 2. The van der Waals surface area contributed by atoms with E-state index in [-0.39, 0.29) is 10.6 Å². The van der Waals surface area contributed by atoms with Crippen molar-refractivity contribution in [3.8, 4) is 0 Å². The van der Waals surface area contributed by atoms with Gasteiger partial charge in [0.1, 0.15) is 5.02 Å². The van der Waals surface area contributed by atoms with Crippen LogP contribution >= 0.6 is 38.9 Å². The van der Waals surface area contributed by atoms with Gasteiger partial charge in [-0.25, -0.2) is 4.68 Å². The molecule has 2 aromatic heterocycles. The maximum Gasteiger partial charge on any atom is 0.287 e. The number of nitrogens with zero attached hydrogens (tertiary/aromatic N) is 3. The summed E-state index contributed by atoms with van der Waals surface area (Å²) < 4.78 is 2.46. The van der Waals surface area contributed by atoms with Crippen molar-refractivity contribution in [1.29, 1.82) is 0 Å². The van der Waals surface area contributed by atoms with Gasteiger partial charge in [-0.1, -0.05) is 11.6 Å². The Morgan fingerprint density at radius 2 is 2.24 bits per heavy atom. The summed E-state index contributed by atoms with van der Waals surface area (Å²) in [6.45, 7) is 1.86. The SMILES string of the molecule is CN(C)CCn1ncc(NCc2ccc(Br)s2)c(Cl)c1=O. The number of anilines is 1. The van der Waals surface area contributed by atoms with Crippen molar-refractivity contribution in [3.05, 3.63) is 42.4 Å². The van der Waals surface area contributed by atoms with Crippen molar-refractivity contribution < 1.29 is 0 Å². The van der Waals surface area contributed by atoms with Gasteiger partial charge in [-0.2, -0.15) is 5.10 Å². The summed E-state index contributed by atoms with van der Waals surface area (Å²) in [5.41, 5.74) is 0.295. The molecule has 2 aromatic rings. The molecule has 0 bridgehead atoms. The Hall–Kier alpha value is -0.890. The lowest BCUT2D eigenvalue weighted by Crippen LogP contribution is -2.29. The van der Waals surface area contributed by atoms with Crippen LogP contribution < -0.4 is 10.9 Å². The lowest BCUT2D eigenvalue weighted by molar-refractivity contribution is 0.367. The van der Waals surface area contributed by atoms with Crippen molar-refractivity contribution in [2.45, 2.75) is 13.1 Å². The van der Waals surface area contributed by atoms with E-state index in [1.807, 2.05) is 31.1 Å². The molecular weight excluding hydrogens is 376 g/mol. The maximum atomic E-state index is 12.1. The first kappa shape index (κ1) is 16.5. The molecule has 0 unspecified atom stereocenters. The largest absolute Gasteiger partial charge is 0.377 e. The van der Waals surface area contributed by atoms with Gasteiger partial charge >= 0.3 is 0 Å². The Labute approximate surface area is 140 Å². The van der Waals surface area contributed by atoms with E-state index in [4.69, 9.17) is 11.6 Å². The fraction of sp³-hybridized carbons (Fsp3) is 0.385. The van der Waals surface area contributed by atoms with Gasteiger partial charge in [-0.3, -0.25) is 4.79 Å². The van der Waals surface area contributed by atoms with Crippen molar-refractivity contribution in [1.82, 2.24) is 14.7 Å². The van der Waals surface area contributed by atoms with Crippen LogP contribution in [0.4, 0.5) is 5.69 Å². The number of halogens is 2. The Balaban J connectivity index is 2.07. The van der Waals surface area contributed by atoms with E-state index in [0.29, 0.717) is 18.8 Å². The lowest BCUT2D eigenvalue weighted by atomic mass is 10.4. The second-order valence-corrected chi connectivity index (χ2v) is 7.69. The van der Waals surface area contributed by atoms with Gasteiger partial charge in [-0.05, 0) is 42.2 Å². The number of hydrogen-bond donors (Lipinski definition) is 1. The van der Waals surface area contributed by atoms with Crippen molar-refractivity contribution in [2.75, 3.05) is 26.0 Å². The summed E-state index contributed by atoms with van der Waals surface area (Å²) >= 11 is 11.2. The summed E-state index contributed by atoms with van der Waals surface area (Å²) in [7, 11) is 3.89. The minimum Gasteiger partial charge on any atom is -0.377 e. The third-order valence-corrected chi connectivity index (χ3v) is 4.81. The third kappa shape index (κ3) is 4.54. The van der Waals surface area contributed by atoms with Gasteiger partial charge in [-0.15, -0.1) is 11.3 Å². The number of hydrogen-bond acceptors (Lipinski definition) is 5. The summed E-state index contributed by atoms with van der Waals surface area (Å²) in [5, 5.41) is 7.48. The fourth-order valence-corrected chi connectivity index (χ4v) is 3.31. The van der Waals surface area contributed by atoms with E-state index in [2.05, 4.69) is 26.3 Å². The first-order chi connectivity index (χ1) is 9.97. The molecule has 5 nitrogen and oxygen atoms in total. The zero-order chi connectivity index (χ0) is 15.4. The highest BCUT2D eigenvalue weighted by molar-refractivity contribution is 9.11. The van der Waals surface area contributed by atoms with Crippen LogP contribution in [0.1, 0.15) is 4.88 Å². The topological polar surface area (TPSA) is 50.2 Å². The molecule has 0 aliphatic carbocycles. The molecule has 2 heterocycles. The molecule has 0 saturated heterocycles. The van der Waals surface area contributed by atoms with Gasteiger partial charge in [0.15, 0.2) is 0 Å². The van der Waals surface area contributed by atoms with E-state index >= 15 is 0 Å². The first-order valence-electron chi connectivity index (χ1n) is 6.36. The van der Waals surface area contributed by atoms with Gasteiger partial charge in [0, 0.05) is 18.0 Å². The average Bonchev–Trinajstić information content (AvgIpc) is 2.85. The molecule has 1 N–H and O–H groups in total. The van der Waals surface area contributed by atoms with E-state index in [9.17, 15) is 4.79 Å². The molecule has 114 valence electrons. The number of rotatable bonds is 6. The van der Waals surface area contributed by atoms with Gasteiger partial charge in [0.2, 0.25) is 0 Å². The molecule has 0 radical (unpaired) electrons. The number of nitrogens with one attached hydrogen (secondary N) is 1. The highest BCUT2D eigenvalue weighted by Gasteiger charge is 2.09. The van der Waals surface area contributed by atoms with Gasteiger partial charge < -0.3 is 10.2 Å². The molecule has 8 heteroatoms. The zero-order valence-electron chi connectivity index (χ0n) is 11.8. The fourth-order valence-electron chi connectivity index (χ4n) is 1.67. The molecule has 2 rings (SSSR count). The van der Waals surface area contributed by atoms with Gasteiger partial charge in [0.05, 0.1) is 22.2 Å². The van der Waals surface area contributed by atoms with E-state index in [1.54, 1.807) is 17.5 Å². The summed E-state index contributed by atoms with van der Waals surface area (Å²) in [6, 6.07) is 4.00. The maximum absolute atomic E-state index is 12.1. The van der Waals surface area contributed by atoms with Crippen LogP contribution in [0.5, 0.6) is 0 Å². The monoisotopic (exact) mass is 390 g/mol. The molecule has 0 aromatic carbocycles. The second kappa shape index (κ2) is 7.40. The third-order valence-electron chi connectivity index (χ3n) is 2.83. The van der Waals surface area contributed by atoms with Crippen LogP contribution in [-0.2, 0) is 13.1 Å². The van der Waals surface area contributed by atoms with Crippen molar-refractivity contribution >= 4 is 44.6 Å². The van der Waals surface area contributed by atoms with Crippen LogP contribution in [0.25, 0.3) is 0 Å². The van der Waals surface area contributed by atoms with Crippen LogP contribution in [0, 0.1) is 0 Å². The van der Waals surface area contributed by atoms with Gasteiger partial charge in [0.25, 0.3) is 5.56 Å². The Bertz CT molecular complexity index is 670. The van der Waals surface area contributed by atoms with Crippen molar-refractivity contribution in [3.63, 3.8) is 0 Å². The minimum absolute atomic E-state index is 0.180. The highest BCUT2D eigenvalue weighted by Crippen LogP contribution is 2.23. The van der Waals surface area contributed by atoms with E-state index < -0.39 is 0 Å².